The monoisotopic (exact) mass is 282 g/mol. The van der Waals surface area contributed by atoms with Crippen molar-refractivity contribution < 1.29 is 15.0 Å². The van der Waals surface area contributed by atoms with Crippen LogP contribution in [-0.2, 0) is 4.79 Å². The lowest BCUT2D eigenvalue weighted by Crippen LogP contribution is -2.01. The van der Waals surface area contributed by atoms with Crippen molar-refractivity contribution in [3.8, 4) is 0 Å². The lowest BCUT2D eigenvalue weighted by molar-refractivity contribution is -0.136. The summed E-state index contributed by atoms with van der Waals surface area (Å²) in [6, 6.07) is 0. The second-order valence-corrected chi connectivity index (χ2v) is 5.38. The van der Waals surface area contributed by atoms with Gasteiger partial charge in [-0.05, 0) is 32.6 Å². The highest BCUT2D eigenvalue weighted by molar-refractivity contribution is 5.66. The Kier molecular flexibility index (Phi) is 12.2. The number of allylic oxidation sites excluding steroid dienone is 2. The van der Waals surface area contributed by atoms with Crippen LogP contribution in [0.3, 0.4) is 0 Å². The van der Waals surface area contributed by atoms with E-state index in [9.17, 15) is 9.90 Å². The molecule has 0 aromatic carbocycles. The normalized spacial score (nSPS) is 13.8. The van der Waals surface area contributed by atoms with E-state index < -0.39 is 12.1 Å². The van der Waals surface area contributed by atoms with Crippen molar-refractivity contribution in [3.63, 3.8) is 0 Å². The Morgan fingerprint density at radius 1 is 1.10 bits per heavy atom. The molecular formula is C17H30O3. The van der Waals surface area contributed by atoms with Gasteiger partial charge in [0.2, 0.25) is 0 Å². The van der Waals surface area contributed by atoms with E-state index in [4.69, 9.17) is 5.11 Å². The number of aliphatic hydroxyl groups is 1. The molecule has 3 nitrogen and oxygen atoms in total. The third-order valence-electron chi connectivity index (χ3n) is 3.22. The van der Waals surface area contributed by atoms with Gasteiger partial charge in [-0.2, -0.15) is 0 Å². The summed E-state index contributed by atoms with van der Waals surface area (Å²) in [6.07, 6.45) is 13.8. The minimum atomic E-state index is -0.783. The van der Waals surface area contributed by atoms with Gasteiger partial charge in [0.25, 0.3) is 0 Å². The second kappa shape index (κ2) is 12.9. The van der Waals surface area contributed by atoms with Gasteiger partial charge in [0.1, 0.15) is 0 Å². The van der Waals surface area contributed by atoms with E-state index in [2.05, 4.69) is 13.8 Å². The van der Waals surface area contributed by atoms with Crippen molar-refractivity contribution in [2.24, 2.45) is 0 Å². The molecule has 0 amide bonds. The molecule has 0 saturated carbocycles. The van der Waals surface area contributed by atoms with Crippen molar-refractivity contribution in [2.75, 3.05) is 0 Å². The molecule has 0 heterocycles. The van der Waals surface area contributed by atoms with E-state index in [0.29, 0.717) is 12.8 Å². The SMILES string of the molecule is CCCCCCCC(C)=CC(O)CC=CCCC(=O)O. The van der Waals surface area contributed by atoms with Crippen molar-refractivity contribution in [1.29, 1.82) is 0 Å². The number of hydrogen-bond donors (Lipinski definition) is 2. The van der Waals surface area contributed by atoms with Crippen LogP contribution in [-0.4, -0.2) is 22.3 Å². The fourth-order valence-corrected chi connectivity index (χ4v) is 2.05. The molecule has 3 heteroatoms. The van der Waals surface area contributed by atoms with Gasteiger partial charge < -0.3 is 10.2 Å². The number of carbonyl (C=O) groups is 1. The van der Waals surface area contributed by atoms with Crippen LogP contribution in [0.4, 0.5) is 0 Å². The molecule has 20 heavy (non-hydrogen) atoms. The lowest BCUT2D eigenvalue weighted by Gasteiger charge is -2.06. The van der Waals surface area contributed by atoms with Gasteiger partial charge in [0.15, 0.2) is 0 Å². The summed E-state index contributed by atoms with van der Waals surface area (Å²) < 4.78 is 0. The van der Waals surface area contributed by atoms with Crippen LogP contribution < -0.4 is 0 Å². The third kappa shape index (κ3) is 13.3. The Bertz CT molecular complexity index is 305. The maximum Gasteiger partial charge on any atom is 0.303 e. The van der Waals surface area contributed by atoms with Crippen molar-refractivity contribution in [1.82, 2.24) is 0 Å². The van der Waals surface area contributed by atoms with Crippen LogP contribution in [0.15, 0.2) is 23.8 Å². The highest BCUT2D eigenvalue weighted by atomic mass is 16.4. The zero-order chi connectivity index (χ0) is 15.2. The largest absolute Gasteiger partial charge is 0.481 e. The van der Waals surface area contributed by atoms with Crippen molar-refractivity contribution in [3.05, 3.63) is 23.8 Å². The molecule has 1 unspecified atom stereocenters. The highest BCUT2D eigenvalue weighted by Gasteiger charge is 1.99. The number of hydrogen-bond acceptors (Lipinski definition) is 2. The summed E-state index contributed by atoms with van der Waals surface area (Å²) in [6.45, 7) is 4.28. The van der Waals surface area contributed by atoms with Crippen molar-refractivity contribution in [2.45, 2.75) is 77.7 Å². The Labute approximate surface area is 123 Å². The zero-order valence-electron chi connectivity index (χ0n) is 13.0. The van der Waals surface area contributed by atoms with Gasteiger partial charge in [-0.1, -0.05) is 56.4 Å². The topological polar surface area (TPSA) is 57.5 Å². The minimum absolute atomic E-state index is 0.152. The van der Waals surface area contributed by atoms with E-state index in [0.717, 1.165) is 6.42 Å². The fraction of sp³-hybridized carbons (Fsp3) is 0.706. The molecule has 0 aromatic heterocycles. The number of carboxylic acids is 1. The van der Waals surface area contributed by atoms with Gasteiger partial charge >= 0.3 is 5.97 Å². The summed E-state index contributed by atoms with van der Waals surface area (Å²) in [5, 5.41) is 18.3. The van der Waals surface area contributed by atoms with Crippen LogP contribution in [0.1, 0.15) is 71.6 Å². The van der Waals surface area contributed by atoms with Gasteiger partial charge in [-0.25, -0.2) is 0 Å². The number of unbranched alkanes of at least 4 members (excludes halogenated alkanes) is 4. The highest BCUT2D eigenvalue weighted by Crippen LogP contribution is 2.12. The second-order valence-electron chi connectivity index (χ2n) is 5.38. The smallest absolute Gasteiger partial charge is 0.303 e. The molecular weight excluding hydrogens is 252 g/mol. The van der Waals surface area contributed by atoms with Gasteiger partial charge in [-0.15, -0.1) is 0 Å². The van der Waals surface area contributed by atoms with E-state index in [1.165, 1.54) is 37.7 Å². The van der Waals surface area contributed by atoms with Crippen LogP contribution in [0.25, 0.3) is 0 Å². The predicted octanol–water partition coefficient (Wildman–Crippen LogP) is 4.47. The third-order valence-corrected chi connectivity index (χ3v) is 3.22. The van der Waals surface area contributed by atoms with Gasteiger partial charge in [0, 0.05) is 6.42 Å². The number of carboxylic acid groups (broad SMARTS) is 1. The van der Waals surface area contributed by atoms with E-state index in [1.807, 2.05) is 18.2 Å². The number of aliphatic hydroxyl groups excluding tert-OH is 1. The fourth-order valence-electron chi connectivity index (χ4n) is 2.05. The molecule has 1 atom stereocenters. The Morgan fingerprint density at radius 2 is 1.80 bits per heavy atom. The first-order chi connectivity index (χ1) is 9.56. The van der Waals surface area contributed by atoms with Crippen LogP contribution in [0.2, 0.25) is 0 Å². The average Bonchev–Trinajstić information content (AvgIpc) is 2.37. The molecule has 116 valence electrons. The maximum absolute atomic E-state index is 10.3. The summed E-state index contributed by atoms with van der Waals surface area (Å²) in [4.78, 5) is 10.3. The average molecular weight is 282 g/mol. The summed E-state index contributed by atoms with van der Waals surface area (Å²) >= 11 is 0. The first-order valence-electron chi connectivity index (χ1n) is 7.78. The Balaban J connectivity index is 3.72. The van der Waals surface area contributed by atoms with E-state index >= 15 is 0 Å². The lowest BCUT2D eigenvalue weighted by atomic mass is 10.0. The Morgan fingerprint density at radius 3 is 2.45 bits per heavy atom. The molecule has 2 N–H and O–H groups in total. The maximum atomic E-state index is 10.3. The van der Waals surface area contributed by atoms with Crippen LogP contribution in [0, 0.1) is 0 Å². The first-order valence-corrected chi connectivity index (χ1v) is 7.78. The summed E-state index contributed by atoms with van der Waals surface area (Å²) in [5.41, 5.74) is 1.24. The number of rotatable bonds is 12. The molecule has 0 saturated heterocycles. The molecule has 0 aliphatic heterocycles. The molecule has 0 aromatic rings. The summed E-state index contributed by atoms with van der Waals surface area (Å²) in [7, 11) is 0. The van der Waals surface area contributed by atoms with Gasteiger partial charge in [0.05, 0.1) is 6.10 Å². The van der Waals surface area contributed by atoms with E-state index in [-0.39, 0.29) is 6.42 Å². The molecule has 0 fully saturated rings. The zero-order valence-corrected chi connectivity index (χ0v) is 13.0. The molecule has 0 aliphatic rings. The van der Waals surface area contributed by atoms with Crippen molar-refractivity contribution >= 4 is 5.97 Å². The summed E-state index contributed by atoms with van der Waals surface area (Å²) in [5.74, 6) is -0.783. The predicted molar refractivity (Wildman–Crippen MR) is 83.8 cm³/mol. The van der Waals surface area contributed by atoms with Crippen LogP contribution >= 0.6 is 0 Å². The van der Waals surface area contributed by atoms with E-state index in [1.54, 1.807) is 0 Å². The first kappa shape index (κ1) is 18.9. The molecule has 0 spiro atoms. The molecule has 0 bridgehead atoms. The molecule has 0 aliphatic carbocycles. The minimum Gasteiger partial charge on any atom is -0.481 e. The Hall–Kier alpha value is -1.09. The quantitative estimate of drug-likeness (QED) is 0.410. The molecule has 0 radical (unpaired) electrons. The number of aliphatic carboxylic acids is 1. The molecule has 0 rings (SSSR count). The standard InChI is InChI=1S/C17H30O3/c1-3-4-5-6-8-11-15(2)14-16(18)12-9-7-10-13-17(19)20/h7,9,14,16,18H,3-6,8,10-13H2,1-2H3,(H,19,20). The van der Waals surface area contributed by atoms with Crippen LogP contribution in [0.5, 0.6) is 0 Å². The van der Waals surface area contributed by atoms with Gasteiger partial charge in [-0.3, -0.25) is 4.79 Å².